The second kappa shape index (κ2) is 12.9. The zero-order valence-corrected chi connectivity index (χ0v) is 20.0. The predicted molar refractivity (Wildman–Crippen MR) is 128 cm³/mol. The topological polar surface area (TPSA) is 238 Å². The second-order valence-electron chi connectivity index (χ2n) is 8.19. The molecule has 8 N–H and O–H groups in total. The molecule has 200 valence electrons. The van der Waals surface area contributed by atoms with Crippen molar-refractivity contribution in [3.8, 4) is 0 Å². The quantitative estimate of drug-likeness (QED) is 0.0740. The first-order valence-corrected chi connectivity index (χ1v) is 11.1. The number of aliphatic carboxylic acids is 2. The Morgan fingerprint density at radius 1 is 1.08 bits per heavy atom. The number of carboxylic acids is 2. The molecule has 37 heavy (non-hydrogen) atoms. The molecule has 2 rings (SSSR count). The molecule has 1 fully saturated rings. The molecule has 1 heterocycles. The summed E-state index contributed by atoms with van der Waals surface area (Å²) < 4.78 is 0. The number of nitrogens with two attached hydrogens (primary N) is 2. The number of rotatable bonds is 13. The molecule has 0 spiro atoms. The molecule has 0 saturated carbocycles. The summed E-state index contributed by atoms with van der Waals surface area (Å²) in [5.41, 5.74) is 10.7. The van der Waals surface area contributed by atoms with Crippen molar-refractivity contribution >= 4 is 41.7 Å². The molecule has 0 unspecified atom stereocenters. The SMILES string of the molecule is CN1C(=O)N(CC(=O)N[C@@H](CC(=O)O)C(=O)N[C@H](C(=O)O)c2ccccc2)C(=O)[C@@H]1CCCN=C(N)N. The maximum atomic E-state index is 12.7. The number of hydrogen-bond acceptors (Lipinski definition) is 7. The maximum absolute atomic E-state index is 12.7. The van der Waals surface area contributed by atoms with Gasteiger partial charge in [0.1, 0.15) is 18.6 Å². The molecule has 1 saturated heterocycles. The molecule has 3 atom stereocenters. The number of nitrogens with zero attached hydrogens (tertiary/aromatic N) is 3. The average Bonchev–Trinajstić information content (AvgIpc) is 3.02. The van der Waals surface area contributed by atoms with Gasteiger partial charge in [0.2, 0.25) is 11.8 Å². The maximum Gasteiger partial charge on any atom is 0.330 e. The summed E-state index contributed by atoms with van der Waals surface area (Å²) in [7, 11) is 1.39. The highest BCUT2D eigenvalue weighted by Crippen LogP contribution is 2.19. The Morgan fingerprint density at radius 3 is 2.30 bits per heavy atom. The van der Waals surface area contributed by atoms with Gasteiger partial charge in [-0.15, -0.1) is 0 Å². The van der Waals surface area contributed by atoms with Crippen molar-refractivity contribution in [2.75, 3.05) is 20.1 Å². The van der Waals surface area contributed by atoms with Crippen molar-refractivity contribution in [3.05, 3.63) is 35.9 Å². The number of nitrogens with one attached hydrogen (secondary N) is 2. The van der Waals surface area contributed by atoms with Crippen molar-refractivity contribution in [1.29, 1.82) is 0 Å². The molecule has 0 radical (unpaired) electrons. The van der Waals surface area contributed by atoms with Crippen LogP contribution in [0.4, 0.5) is 4.79 Å². The predicted octanol–water partition coefficient (Wildman–Crippen LogP) is -1.80. The summed E-state index contributed by atoms with van der Waals surface area (Å²) in [5.74, 6) is -5.66. The number of aliphatic imine (C=N–C) groups is 1. The fourth-order valence-corrected chi connectivity index (χ4v) is 3.66. The van der Waals surface area contributed by atoms with E-state index < -0.39 is 66.8 Å². The van der Waals surface area contributed by atoms with Crippen molar-refractivity contribution in [1.82, 2.24) is 20.4 Å². The molecular weight excluding hydrogens is 490 g/mol. The summed E-state index contributed by atoms with van der Waals surface area (Å²) in [6.07, 6.45) is -0.247. The number of imide groups is 1. The average molecular weight is 520 g/mol. The number of guanidine groups is 1. The van der Waals surface area contributed by atoms with E-state index >= 15 is 0 Å². The number of hydrogen-bond donors (Lipinski definition) is 6. The molecule has 1 aromatic rings. The lowest BCUT2D eigenvalue weighted by Crippen LogP contribution is -2.52. The fourth-order valence-electron chi connectivity index (χ4n) is 3.66. The summed E-state index contributed by atoms with van der Waals surface area (Å²) >= 11 is 0. The van der Waals surface area contributed by atoms with Gasteiger partial charge in [-0.05, 0) is 18.4 Å². The van der Waals surface area contributed by atoms with Crippen LogP contribution in [0.2, 0.25) is 0 Å². The van der Waals surface area contributed by atoms with Crippen LogP contribution in [-0.4, -0.2) is 93.9 Å². The van der Waals surface area contributed by atoms with E-state index in [4.69, 9.17) is 11.5 Å². The number of carbonyl (C=O) groups is 6. The number of benzene rings is 1. The van der Waals surface area contributed by atoms with E-state index in [2.05, 4.69) is 15.6 Å². The normalized spacial score (nSPS) is 16.6. The first kappa shape index (κ1) is 28.5. The summed E-state index contributed by atoms with van der Waals surface area (Å²) in [5, 5.41) is 23.1. The molecule has 15 heteroatoms. The van der Waals surface area contributed by atoms with Crippen LogP contribution in [-0.2, 0) is 24.0 Å². The lowest BCUT2D eigenvalue weighted by Gasteiger charge is -2.21. The molecule has 0 bridgehead atoms. The largest absolute Gasteiger partial charge is 0.481 e. The molecule has 0 aromatic heterocycles. The standard InChI is InChI=1S/C22H29N7O8/c1-28-14(8-5-9-25-21(23)24)19(34)29(22(28)37)11-15(30)26-13(10-16(31)32)18(33)27-17(20(35)36)12-6-3-2-4-7-12/h2-4,6-7,13-14,17H,5,8-11H2,1H3,(H,26,30)(H,27,33)(H,31,32)(H,35,36)(H4,23,24,25)/t13-,14-,17-/m0/s1. The first-order valence-electron chi connectivity index (χ1n) is 11.1. The molecular formula is C22H29N7O8. The zero-order chi connectivity index (χ0) is 27.7. The van der Waals surface area contributed by atoms with Crippen LogP contribution in [0.1, 0.15) is 30.9 Å². The Labute approximate surface area is 211 Å². The molecule has 1 aliphatic rings. The van der Waals surface area contributed by atoms with Crippen LogP contribution in [0, 0.1) is 0 Å². The smallest absolute Gasteiger partial charge is 0.330 e. The number of amides is 5. The van der Waals surface area contributed by atoms with Crippen LogP contribution >= 0.6 is 0 Å². The third-order valence-electron chi connectivity index (χ3n) is 5.48. The molecule has 0 aliphatic carbocycles. The molecule has 15 nitrogen and oxygen atoms in total. The van der Waals surface area contributed by atoms with E-state index in [9.17, 15) is 39.0 Å². The first-order chi connectivity index (χ1) is 17.4. The zero-order valence-electron chi connectivity index (χ0n) is 20.0. The van der Waals surface area contributed by atoms with Gasteiger partial charge in [-0.1, -0.05) is 30.3 Å². The van der Waals surface area contributed by atoms with Gasteiger partial charge < -0.3 is 37.2 Å². The summed E-state index contributed by atoms with van der Waals surface area (Å²) in [4.78, 5) is 79.2. The van der Waals surface area contributed by atoms with Gasteiger partial charge in [-0.3, -0.25) is 29.1 Å². The number of carboxylic acid groups (broad SMARTS) is 2. The molecule has 1 aliphatic heterocycles. The lowest BCUT2D eigenvalue weighted by molar-refractivity contribution is -0.143. The number of likely N-dealkylation sites (N-methyl/N-ethyl adjacent to an activating group) is 1. The molecule has 5 amide bonds. The minimum atomic E-state index is -1.67. The van der Waals surface area contributed by atoms with Crippen LogP contribution < -0.4 is 22.1 Å². The van der Waals surface area contributed by atoms with Gasteiger partial charge in [0.15, 0.2) is 12.0 Å². The Kier molecular flexibility index (Phi) is 9.92. The van der Waals surface area contributed by atoms with Crippen molar-refractivity contribution in [3.63, 3.8) is 0 Å². The van der Waals surface area contributed by atoms with Gasteiger partial charge in [0, 0.05) is 13.6 Å². The minimum Gasteiger partial charge on any atom is -0.481 e. The summed E-state index contributed by atoms with van der Waals surface area (Å²) in [6, 6.07) is 2.90. The van der Waals surface area contributed by atoms with Crippen molar-refractivity contribution < 1.29 is 39.0 Å². The monoisotopic (exact) mass is 519 g/mol. The van der Waals surface area contributed by atoms with E-state index in [1.807, 2.05) is 0 Å². The van der Waals surface area contributed by atoms with E-state index in [0.717, 1.165) is 4.90 Å². The third kappa shape index (κ3) is 7.91. The highest BCUT2D eigenvalue weighted by atomic mass is 16.4. The summed E-state index contributed by atoms with van der Waals surface area (Å²) in [6.45, 7) is -0.530. The Balaban J connectivity index is 2.07. The Bertz CT molecular complexity index is 1070. The van der Waals surface area contributed by atoms with Gasteiger partial charge in [0.25, 0.3) is 5.91 Å². The van der Waals surface area contributed by atoms with E-state index in [1.54, 1.807) is 18.2 Å². The van der Waals surface area contributed by atoms with E-state index in [-0.39, 0.29) is 24.5 Å². The van der Waals surface area contributed by atoms with Crippen LogP contribution in [0.15, 0.2) is 35.3 Å². The van der Waals surface area contributed by atoms with Gasteiger partial charge in [-0.25, -0.2) is 9.59 Å². The van der Waals surface area contributed by atoms with Crippen LogP contribution in [0.3, 0.4) is 0 Å². The molecule has 1 aromatic carbocycles. The lowest BCUT2D eigenvalue weighted by atomic mass is 10.1. The van der Waals surface area contributed by atoms with Gasteiger partial charge in [-0.2, -0.15) is 0 Å². The van der Waals surface area contributed by atoms with Crippen LogP contribution in [0.25, 0.3) is 0 Å². The van der Waals surface area contributed by atoms with Crippen LogP contribution in [0.5, 0.6) is 0 Å². The minimum absolute atomic E-state index is 0.112. The van der Waals surface area contributed by atoms with Gasteiger partial charge >= 0.3 is 18.0 Å². The number of urea groups is 1. The van der Waals surface area contributed by atoms with E-state index in [0.29, 0.717) is 11.3 Å². The number of carbonyl (C=O) groups excluding carboxylic acids is 4. The third-order valence-corrected chi connectivity index (χ3v) is 5.48. The second-order valence-corrected chi connectivity index (χ2v) is 8.19. The Hall–Kier alpha value is -4.69. The fraction of sp³-hybridized carbons (Fsp3) is 0.409. The van der Waals surface area contributed by atoms with Gasteiger partial charge in [0.05, 0.1) is 6.42 Å². The van der Waals surface area contributed by atoms with Crippen molar-refractivity contribution in [2.45, 2.75) is 37.4 Å². The van der Waals surface area contributed by atoms with E-state index in [1.165, 1.54) is 19.2 Å². The highest BCUT2D eigenvalue weighted by Gasteiger charge is 2.43. The Morgan fingerprint density at radius 2 is 1.73 bits per heavy atom. The highest BCUT2D eigenvalue weighted by molar-refractivity contribution is 6.06. The van der Waals surface area contributed by atoms with Crippen molar-refractivity contribution in [2.24, 2.45) is 16.5 Å².